The summed E-state index contributed by atoms with van der Waals surface area (Å²) >= 11 is 0. The number of phenols is 1. The van der Waals surface area contributed by atoms with Crippen LogP contribution in [0, 0.1) is 13.8 Å². The molecule has 1 aliphatic heterocycles. The second-order valence-electron chi connectivity index (χ2n) is 7.51. The highest BCUT2D eigenvalue weighted by molar-refractivity contribution is 6.70. The Morgan fingerprint density at radius 3 is 2.48 bits per heavy atom. The van der Waals surface area contributed by atoms with Crippen molar-refractivity contribution in [3.8, 4) is 16.9 Å². The summed E-state index contributed by atoms with van der Waals surface area (Å²) in [7, 11) is 0. The van der Waals surface area contributed by atoms with Crippen molar-refractivity contribution in [3.63, 3.8) is 0 Å². The third-order valence-corrected chi connectivity index (χ3v) is 5.33. The Bertz CT molecular complexity index is 1330. The van der Waals surface area contributed by atoms with Gasteiger partial charge in [0.1, 0.15) is 5.75 Å². The van der Waals surface area contributed by atoms with Gasteiger partial charge in [-0.05, 0) is 60.9 Å². The molecule has 0 radical (unpaired) electrons. The molecule has 0 unspecified atom stereocenters. The zero-order valence-corrected chi connectivity index (χ0v) is 17.8. The van der Waals surface area contributed by atoms with Crippen LogP contribution in [0.3, 0.4) is 0 Å². The summed E-state index contributed by atoms with van der Waals surface area (Å²) in [6.07, 6.45) is 0. The number of aryl methyl sites for hydroxylation is 2. The molecule has 0 aliphatic carbocycles. The fourth-order valence-corrected chi connectivity index (χ4v) is 3.36. The first-order chi connectivity index (χ1) is 15.8. The molecule has 0 aromatic heterocycles. The van der Waals surface area contributed by atoms with Gasteiger partial charge in [-0.3, -0.25) is 20.4 Å². The number of hydrazine groups is 1. The van der Waals surface area contributed by atoms with Crippen LogP contribution in [0.25, 0.3) is 11.1 Å². The molecular weight excluding hydrogens is 424 g/mol. The largest absolute Gasteiger partial charge is 0.505 e. The van der Waals surface area contributed by atoms with E-state index in [0.29, 0.717) is 16.8 Å². The summed E-state index contributed by atoms with van der Waals surface area (Å²) < 4.78 is 0. The summed E-state index contributed by atoms with van der Waals surface area (Å²) in [5, 5.41) is 24.9. The zero-order chi connectivity index (χ0) is 23.7. The molecule has 9 nitrogen and oxygen atoms in total. The van der Waals surface area contributed by atoms with E-state index in [-0.39, 0.29) is 22.7 Å². The van der Waals surface area contributed by atoms with Crippen molar-refractivity contribution in [2.45, 2.75) is 13.8 Å². The van der Waals surface area contributed by atoms with Gasteiger partial charge in [0.25, 0.3) is 5.91 Å². The van der Waals surface area contributed by atoms with Crippen LogP contribution < -0.4 is 15.9 Å². The van der Waals surface area contributed by atoms with E-state index < -0.39 is 17.8 Å². The maximum absolute atomic E-state index is 12.8. The highest BCUT2D eigenvalue weighted by atomic mass is 16.4. The Labute approximate surface area is 188 Å². The monoisotopic (exact) mass is 444 g/mol. The van der Waals surface area contributed by atoms with Gasteiger partial charge in [0.2, 0.25) is 5.71 Å². The van der Waals surface area contributed by atoms with Crippen molar-refractivity contribution in [2.75, 3.05) is 10.4 Å². The minimum Gasteiger partial charge on any atom is -0.505 e. The maximum atomic E-state index is 12.8. The third kappa shape index (κ3) is 4.11. The topological polar surface area (TPSA) is 131 Å². The first-order valence-electron chi connectivity index (χ1n) is 9.98. The minimum absolute atomic E-state index is 0.0742. The standard InChI is InChI=1S/C24H20N4O5/c1-13-9-10-17(11-14(13)2)28-23(31)20(22(30)27-28)26-25-19-8-4-7-18(21(19)29)15-5-3-6-16(12-15)24(32)33/h3-12,25,29H,1-2H3,(H,27,30)(H,32,33). The molecule has 1 fully saturated rings. The number of phenolic OH excluding ortho intramolecular Hbond substituents is 1. The number of nitrogens with zero attached hydrogens (tertiary/aromatic N) is 2. The van der Waals surface area contributed by atoms with E-state index in [2.05, 4.69) is 16.0 Å². The first-order valence-corrected chi connectivity index (χ1v) is 9.98. The van der Waals surface area contributed by atoms with Crippen LogP contribution in [0.15, 0.2) is 65.8 Å². The molecule has 1 aliphatic rings. The van der Waals surface area contributed by atoms with E-state index in [1.165, 1.54) is 18.2 Å². The predicted molar refractivity (Wildman–Crippen MR) is 123 cm³/mol. The number of aromatic carboxylic acids is 1. The number of benzene rings is 3. The predicted octanol–water partition coefficient (Wildman–Crippen LogP) is 3.22. The average molecular weight is 444 g/mol. The Balaban J connectivity index is 1.60. The molecular formula is C24H20N4O5. The molecule has 0 bridgehead atoms. The second-order valence-corrected chi connectivity index (χ2v) is 7.51. The Morgan fingerprint density at radius 2 is 1.76 bits per heavy atom. The second kappa shape index (κ2) is 8.46. The lowest BCUT2D eigenvalue weighted by Gasteiger charge is -2.15. The van der Waals surface area contributed by atoms with Gasteiger partial charge in [-0.15, -0.1) is 0 Å². The SMILES string of the molecule is Cc1ccc(N2NC(=O)C(=NNc3cccc(-c4cccc(C(=O)O)c4)c3O)C2=O)cc1C. The molecule has 3 aromatic carbocycles. The Kier molecular flexibility index (Phi) is 5.53. The number of hydrazone groups is 1. The highest BCUT2D eigenvalue weighted by Crippen LogP contribution is 2.35. The first kappa shape index (κ1) is 21.6. The lowest BCUT2D eigenvalue weighted by Crippen LogP contribution is -2.35. The van der Waals surface area contributed by atoms with Crippen LogP contribution in [-0.4, -0.2) is 33.7 Å². The van der Waals surface area contributed by atoms with E-state index in [0.717, 1.165) is 16.1 Å². The number of rotatable bonds is 5. The van der Waals surface area contributed by atoms with E-state index in [9.17, 15) is 24.6 Å². The van der Waals surface area contributed by atoms with Crippen LogP contribution in [0.2, 0.25) is 0 Å². The molecule has 2 amide bonds. The van der Waals surface area contributed by atoms with Crippen LogP contribution in [0.1, 0.15) is 21.5 Å². The molecule has 0 spiro atoms. The fourth-order valence-electron chi connectivity index (χ4n) is 3.36. The number of amides is 2. The molecule has 1 heterocycles. The number of hydrogen-bond acceptors (Lipinski definition) is 6. The van der Waals surface area contributed by atoms with Gasteiger partial charge in [-0.1, -0.05) is 30.3 Å². The number of nitrogens with one attached hydrogen (secondary N) is 2. The smallest absolute Gasteiger partial charge is 0.335 e. The highest BCUT2D eigenvalue weighted by Gasteiger charge is 2.36. The van der Waals surface area contributed by atoms with Gasteiger partial charge in [-0.2, -0.15) is 5.10 Å². The fraction of sp³-hybridized carbons (Fsp3) is 0.0833. The summed E-state index contributed by atoms with van der Waals surface area (Å²) in [5.74, 6) is -2.62. The minimum atomic E-state index is -1.09. The van der Waals surface area contributed by atoms with E-state index >= 15 is 0 Å². The molecule has 0 saturated carbocycles. The van der Waals surface area contributed by atoms with Gasteiger partial charge in [-0.25, -0.2) is 9.80 Å². The van der Waals surface area contributed by atoms with Gasteiger partial charge >= 0.3 is 11.9 Å². The van der Waals surface area contributed by atoms with Gasteiger partial charge in [0, 0.05) is 5.56 Å². The van der Waals surface area contributed by atoms with Crippen LogP contribution >= 0.6 is 0 Å². The maximum Gasteiger partial charge on any atom is 0.335 e. The lowest BCUT2D eigenvalue weighted by molar-refractivity contribution is -0.114. The number of anilines is 2. The van der Waals surface area contributed by atoms with Crippen molar-refractivity contribution in [1.82, 2.24) is 5.43 Å². The molecule has 1 saturated heterocycles. The summed E-state index contributed by atoms with van der Waals surface area (Å²) in [6, 6.07) is 16.2. The summed E-state index contributed by atoms with van der Waals surface area (Å²) in [6.45, 7) is 3.85. The molecule has 9 heteroatoms. The molecule has 4 rings (SSSR count). The van der Waals surface area contributed by atoms with E-state index in [1.807, 2.05) is 19.9 Å². The van der Waals surface area contributed by atoms with Crippen LogP contribution in [0.5, 0.6) is 5.75 Å². The van der Waals surface area contributed by atoms with Crippen molar-refractivity contribution in [2.24, 2.45) is 5.10 Å². The van der Waals surface area contributed by atoms with Gasteiger partial charge in [0.05, 0.1) is 16.9 Å². The van der Waals surface area contributed by atoms with E-state index in [1.54, 1.807) is 36.4 Å². The number of hydrogen-bond donors (Lipinski definition) is 4. The van der Waals surface area contributed by atoms with Crippen LogP contribution in [-0.2, 0) is 9.59 Å². The zero-order valence-electron chi connectivity index (χ0n) is 17.8. The summed E-state index contributed by atoms with van der Waals surface area (Å²) in [4.78, 5) is 36.4. The van der Waals surface area contributed by atoms with Crippen LogP contribution in [0.4, 0.5) is 11.4 Å². The lowest BCUT2D eigenvalue weighted by atomic mass is 10.0. The Hall–Kier alpha value is -4.66. The molecule has 4 N–H and O–H groups in total. The van der Waals surface area contributed by atoms with Crippen molar-refractivity contribution in [1.29, 1.82) is 0 Å². The molecule has 3 aromatic rings. The van der Waals surface area contributed by atoms with Crippen molar-refractivity contribution in [3.05, 3.63) is 77.4 Å². The number of carbonyl (C=O) groups excluding carboxylic acids is 2. The van der Waals surface area contributed by atoms with Gasteiger partial charge in [0.15, 0.2) is 0 Å². The van der Waals surface area contributed by atoms with E-state index in [4.69, 9.17) is 0 Å². The quantitative estimate of drug-likeness (QED) is 0.353. The molecule has 166 valence electrons. The van der Waals surface area contributed by atoms with Crippen molar-refractivity contribution >= 4 is 34.9 Å². The number of carboxylic acids is 1. The number of para-hydroxylation sites is 1. The third-order valence-electron chi connectivity index (χ3n) is 5.33. The molecule has 33 heavy (non-hydrogen) atoms. The van der Waals surface area contributed by atoms with Crippen molar-refractivity contribution < 1.29 is 24.6 Å². The number of carboxylic acid groups (broad SMARTS) is 1. The summed E-state index contributed by atoms with van der Waals surface area (Å²) in [5.41, 5.74) is 8.27. The normalized spacial score (nSPS) is 14.5. The molecule has 0 atom stereocenters. The Morgan fingerprint density at radius 1 is 1.00 bits per heavy atom. The number of carbonyl (C=O) groups is 3. The number of aromatic hydroxyl groups is 1. The van der Waals surface area contributed by atoms with Gasteiger partial charge < -0.3 is 10.2 Å². The average Bonchev–Trinajstić information content (AvgIpc) is 3.08.